The molecule has 0 N–H and O–H groups in total. The maximum Gasteiger partial charge on any atom is 0.339 e. The molecule has 4 aliphatic rings. The zero-order chi connectivity index (χ0) is 45.3. The number of carbonyl (C=O) groups is 4. The van der Waals surface area contributed by atoms with E-state index in [1.807, 2.05) is 13.8 Å². The van der Waals surface area contributed by atoms with Crippen molar-refractivity contribution >= 4 is 23.7 Å². The van der Waals surface area contributed by atoms with Crippen molar-refractivity contribution in [2.45, 2.75) is 212 Å². The number of ketones is 1. The van der Waals surface area contributed by atoms with E-state index in [0.29, 0.717) is 12.8 Å². The number of piperidine rings is 4. The molecule has 0 spiro atoms. The molecule has 0 aliphatic carbocycles. The average Bonchev–Trinajstić information content (AvgIpc) is 3.08. The minimum absolute atomic E-state index is 0.0489. The molecule has 60 heavy (non-hydrogen) atoms. The van der Waals surface area contributed by atoms with Crippen LogP contribution in [0.1, 0.15) is 196 Å². The van der Waals surface area contributed by atoms with Crippen molar-refractivity contribution in [1.82, 2.24) is 20.3 Å². The molecule has 0 bridgehead atoms. The zero-order valence-corrected chi connectivity index (χ0v) is 38.3. The smallest absolute Gasteiger partial charge is 0.339 e. The van der Waals surface area contributed by atoms with E-state index in [4.69, 9.17) is 14.2 Å². The second-order valence-electron chi connectivity index (χ2n) is 22.4. The van der Waals surface area contributed by atoms with Gasteiger partial charge in [-0.05, 0) is 128 Å². The number of ether oxygens (including phenoxy) is 3. The number of carbonyl (C=O) groups excluding carboxylic acids is 4. The van der Waals surface area contributed by atoms with E-state index in [-0.39, 0.29) is 79.7 Å². The Labute approximate surface area is 356 Å². The summed E-state index contributed by atoms with van der Waals surface area (Å²) in [6.07, 6.45) is -0.210. The van der Waals surface area contributed by atoms with Crippen LogP contribution in [-0.4, -0.2) is 108 Å². The average molecular weight is 841 g/mol. The summed E-state index contributed by atoms with van der Waals surface area (Å²) in [5, 5.41) is 56.1. The van der Waals surface area contributed by atoms with Gasteiger partial charge < -0.3 is 14.2 Å². The van der Waals surface area contributed by atoms with Crippen LogP contribution in [0.25, 0.3) is 0 Å². The highest BCUT2D eigenvalue weighted by Gasteiger charge is 2.51. The SMILES string of the molecule is CC1(C)CC(CC(=O)c2cc(C(=O)OC3CC(C)(C)N([O])C(C)(C)C3)c(C(=O)OC3CC(C)(C)N([O])C(C)(C)C3)cc2C(=O)OC2CC(C)(C)N([O])C(C)(C)C2)CCN1[O]. The number of hydroxylamine groups is 8. The Balaban J connectivity index is 1.60. The summed E-state index contributed by atoms with van der Waals surface area (Å²) in [6.45, 7) is 25.0. The molecule has 1 aromatic carbocycles. The lowest BCUT2D eigenvalue weighted by molar-refractivity contribution is -0.298. The van der Waals surface area contributed by atoms with Crippen LogP contribution in [0.2, 0.25) is 0 Å². The molecule has 15 nitrogen and oxygen atoms in total. The van der Waals surface area contributed by atoms with Crippen molar-refractivity contribution in [3.05, 3.63) is 34.4 Å². The standard InChI is InChI=1S/C45H68N4O11/c1-39(2)20-27(15-16-46(39)54)17-35(50)31-18-33(37(52)59-29-23-42(7,8)48(56)43(9,10)24-29)34(38(53)60-30-25-44(11,12)49(57)45(13,14)26-30)19-32(31)36(51)58-28-21-40(3,4)47(55)41(5,6)22-28/h18-19,27-30H,15-17,20-26H2,1-14H3. The predicted molar refractivity (Wildman–Crippen MR) is 217 cm³/mol. The molecule has 5 rings (SSSR count). The van der Waals surface area contributed by atoms with Crippen LogP contribution in [0.15, 0.2) is 12.1 Å². The van der Waals surface area contributed by atoms with Gasteiger partial charge >= 0.3 is 17.9 Å². The maximum absolute atomic E-state index is 14.5. The molecule has 0 amide bonds. The fourth-order valence-corrected chi connectivity index (χ4v) is 10.8. The third-order valence-corrected chi connectivity index (χ3v) is 13.3. The quantitative estimate of drug-likeness (QED) is 0.135. The molecule has 15 heteroatoms. The lowest BCUT2D eigenvalue weighted by Gasteiger charge is -2.49. The van der Waals surface area contributed by atoms with Gasteiger partial charge in [0.2, 0.25) is 0 Å². The highest BCUT2D eigenvalue weighted by atomic mass is 16.6. The summed E-state index contributed by atoms with van der Waals surface area (Å²) in [6, 6.07) is 2.39. The molecule has 1 aromatic rings. The molecule has 4 aliphatic heterocycles. The van der Waals surface area contributed by atoms with Crippen molar-refractivity contribution < 1.29 is 54.2 Å². The Hall–Kier alpha value is -3.02. The minimum Gasteiger partial charge on any atom is -0.459 e. The van der Waals surface area contributed by atoms with Crippen molar-refractivity contribution in [3.8, 4) is 0 Å². The van der Waals surface area contributed by atoms with Gasteiger partial charge in [-0.25, -0.2) is 14.4 Å². The van der Waals surface area contributed by atoms with E-state index in [9.17, 15) is 40.0 Å². The van der Waals surface area contributed by atoms with Gasteiger partial charge in [0.25, 0.3) is 0 Å². The summed E-state index contributed by atoms with van der Waals surface area (Å²) in [5.41, 5.74) is -7.08. The van der Waals surface area contributed by atoms with Crippen LogP contribution in [0.5, 0.6) is 0 Å². The Morgan fingerprint density at radius 3 is 1.05 bits per heavy atom. The van der Waals surface area contributed by atoms with Gasteiger partial charge in [0.15, 0.2) is 5.78 Å². The van der Waals surface area contributed by atoms with Gasteiger partial charge in [-0.3, -0.25) is 4.79 Å². The summed E-state index contributed by atoms with van der Waals surface area (Å²) in [7, 11) is 0. The second kappa shape index (κ2) is 16.3. The molecule has 4 heterocycles. The van der Waals surface area contributed by atoms with Crippen molar-refractivity contribution in [3.63, 3.8) is 0 Å². The normalized spacial score (nSPS) is 27.2. The Bertz CT molecular complexity index is 1780. The Morgan fingerprint density at radius 2 is 0.750 bits per heavy atom. The second-order valence-corrected chi connectivity index (χ2v) is 22.4. The summed E-state index contributed by atoms with van der Waals surface area (Å²) in [4.78, 5) is 57.9. The van der Waals surface area contributed by atoms with E-state index in [1.54, 1.807) is 83.1 Å². The van der Waals surface area contributed by atoms with E-state index >= 15 is 0 Å². The molecule has 4 saturated heterocycles. The fraction of sp³-hybridized carbons (Fsp3) is 0.778. The highest BCUT2D eigenvalue weighted by Crippen LogP contribution is 2.42. The van der Waals surface area contributed by atoms with E-state index < -0.39 is 80.8 Å². The van der Waals surface area contributed by atoms with Gasteiger partial charge in [-0.2, -0.15) is 0 Å². The number of benzene rings is 1. The minimum atomic E-state index is -0.951. The van der Waals surface area contributed by atoms with Gasteiger partial charge in [-0.15, -0.1) is 41.1 Å². The first-order valence-electron chi connectivity index (χ1n) is 21.4. The molecule has 1 unspecified atom stereocenters. The van der Waals surface area contributed by atoms with Gasteiger partial charge in [0, 0.05) is 95.8 Å². The van der Waals surface area contributed by atoms with Crippen LogP contribution >= 0.6 is 0 Å². The van der Waals surface area contributed by atoms with Crippen molar-refractivity contribution in [1.29, 1.82) is 0 Å². The van der Waals surface area contributed by atoms with Crippen LogP contribution in [-0.2, 0) is 35.0 Å². The van der Waals surface area contributed by atoms with Crippen LogP contribution in [0.4, 0.5) is 0 Å². The molecule has 1 atom stereocenters. The van der Waals surface area contributed by atoms with Crippen LogP contribution < -0.4 is 0 Å². The number of hydrogen-bond donors (Lipinski definition) is 0. The first kappa shape index (κ1) is 48.0. The van der Waals surface area contributed by atoms with Gasteiger partial charge in [0.05, 0.1) is 16.7 Å². The van der Waals surface area contributed by atoms with Crippen LogP contribution in [0.3, 0.4) is 0 Å². The third kappa shape index (κ3) is 9.94. The molecular weight excluding hydrogens is 773 g/mol. The third-order valence-electron chi connectivity index (χ3n) is 13.3. The molecule has 0 saturated carbocycles. The van der Waals surface area contributed by atoms with Gasteiger partial charge in [0.1, 0.15) is 18.3 Å². The Kier molecular flexibility index (Phi) is 13.0. The summed E-state index contributed by atoms with van der Waals surface area (Å²) < 4.78 is 18.3. The van der Waals surface area contributed by atoms with Gasteiger partial charge in [-0.1, -0.05) is 0 Å². The molecule has 0 aromatic heterocycles. The first-order chi connectivity index (χ1) is 27.2. The lowest BCUT2D eigenvalue weighted by Crippen LogP contribution is -2.60. The first-order valence-corrected chi connectivity index (χ1v) is 21.4. The number of nitrogens with zero attached hydrogens (tertiary/aromatic N) is 4. The maximum atomic E-state index is 14.5. The number of rotatable bonds is 9. The monoisotopic (exact) mass is 840 g/mol. The lowest BCUT2D eigenvalue weighted by atomic mass is 9.79. The predicted octanol–water partition coefficient (Wildman–Crippen LogP) is 7.67. The van der Waals surface area contributed by atoms with E-state index in [1.165, 1.54) is 12.1 Å². The summed E-state index contributed by atoms with van der Waals surface area (Å²) >= 11 is 0. The highest BCUT2D eigenvalue weighted by molar-refractivity contribution is 6.12. The topological polar surface area (TPSA) is 189 Å². The molecule has 334 valence electrons. The Morgan fingerprint density at radius 1 is 0.467 bits per heavy atom. The number of hydrogen-bond acceptors (Lipinski definition) is 11. The molecule has 4 fully saturated rings. The largest absolute Gasteiger partial charge is 0.459 e. The molecular formula is C45H68N4O11. The van der Waals surface area contributed by atoms with Crippen molar-refractivity contribution in [2.24, 2.45) is 5.92 Å². The zero-order valence-electron chi connectivity index (χ0n) is 38.3. The molecule has 4 radical (unpaired) electrons. The number of Topliss-reactive ketones (excluding diaryl/α,β-unsaturated/α-hetero) is 1. The fourth-order valence-electron chi connectivity index (χ4n) is 10.8. The van der Waals surface area contributed by atoms with Crippen molar-refractivity contribution in [2.75, 3.05) is 6.54 Å². The van der Waals surface area contributed by atoms with E-state index in [2.05, 4.69) is 0 Å². The summed E-state index contributed by atoms with van der Waals surface area (Å²) in [5.74, 6) is -3.50. The van der Waals surface area contributed by atoms with E-state index in [0.717, 1.165) is 20.3 Å². The number of esters is 3. The van der Waals surface area contributed by atoms with Crippen LogP contribution in [0, 0.1) is 5.92 Å².